The zero-order valence-electron chi connectivity index (χ0n) is 15.0. The molecule has 6 heteroatoms. The Labute approximate surface area is 153 Å². The van der Waals surface area contributed by atoms with Crippen LogP contribution in [0, 0.1) is 0 Å². The van der Waals surface area contributed by atoms with Gasteiger partial charge >= 0.3 is 0 Å². The first-order valence-corrected chi connectivity index (χ1v) is 9.00. The topological polar surface area (TPSA) is 56.1 Å². The van der Waals surface area contributed by atoms with Crippen molar-refractivity contribution < 1.29 is 4.74 Å². The Bertz CT molecular complexity index is 848. The molecule has 1 aliphatic rings. The molecule has 3 heterocycles. The van der Waals surface area contributed by atoms with Gasteiger partial charge in [-0.2, -0.15) is 0 Å². The van der Waals surface area contributed by atoms with E-state index < -0.39 is 0 Å². The molecule has 1 aliphatic heterocycles. The second-order valence-corrected chi connectivity index (χ2v) is 6.77. The highest BCUT2D eigenvalue weighted by Gasteiger charge is 2.23. The predicted molar refractivity (Wildman–Crippen MR) is 99.0 cm³/mol. The number of rotatable bonds is 5. The van der Waals surface area contributed by atoms with E-state index >= 15 is 0 Å². The zero-order chi connectivity index (χ0) is 17.8. The molecule has 0 spiro atoms. The molecular weight excluding hydrogens is 326 g/mol. The minimum atomic E-state index is 0.379. The summed E-state index contributed by atoms with van der Waals surface area (Å²) in [6.45, 7) is 3.00. The van der Waals surface area contributed by atoms with Crippen molar-refractivity contribution in [1.29, 1.82) is 0 Å². The van der Waals surface area contributed by atoms with Crippen molar-refractivity contribution in [3.8, 4) is 11.6 Å². The van der Waals surface area contributed by atoms with Crippen LogP contribution in [-0.2, 0) is 13.6 Å². The van der Waals surface area contributed by atoms with Crippen molar-refractivity contribution in [2.45, 2.75) is 25.3 Å². The van der Waals surface area contributed by atoms with Crippen LogP contribution in [0.3, 0.4) is 0 Å². The van der Waals surface area contributed by atoms with Gasteiger partial charge in [0.05, 0.1) is 23.9 Å². The van der Waals surface area contributed by atoms with Crippen molar-refractivity contribution in [3.63, 3.8) is 0 Å². The first-order chi connectivity index (χ1) is 12.8. The lowest BCUT2D eigenvalue weighted by Crippen LogP contribution is -2.34. The van der Waals surface area contributed by atoms with E-state index in [2.05, 4.69) is 19.4 Å². The first kappa shape index (κ1) is 16.7. The fraction of sp³-hybridized carbons (Fsp3) is 0.350. The number of hydrogen-bond acceptors (Lipinski definition) is 5. The Morgan fingerprint density at radius 3 is 2.81 bits per heavy atom. The van der Waals surface area contributed by atoms with Gasteiger partial charge in [0.25, 0.3) is 0 Å². The quantitative estimate of drug-likeness (QED) is 0.707. The van der Waals surface area contributed by atoms with Crippen molar-refractivity contribution >= 4 is 0 Å². The molecule has 6 nitrogen and oxygen atoms in total. The third kappa shape index (κ3) is 3.91. The van der Waals surface area contributed by atoms with Crippen LogP contribution in [0.25, 0.3) is 0 Å². The zero-order valence-corrected chi connectivity index (χ0v) is 15.0. The fourth-order valence-electron chi connectivity index (χ4n) is 3.42. The number of ether oxygens (including phenoxy) is 1. The summed E-state index contributed by atoms with van der Waals surface area (Å²) in [6, 6.07) is 9.71. The maximum Gasteiger partial charge on any atom is 0.238 e. The van der Waals surface area contributed by atoms with E-state index in [1.165, 1.54) is 5.69 Å². The highest BCUT2D eigenvalue weighted by atomic mass is 16.5. The average molecular weight is 349 g/mol. The Balaban J connectivity index is 1.45. The molecule has 1 aromatic carbocycles. The molecule has 0 saturated carbocycles. The van der Waals surface area contributed by atoms with Gasteiger partial charge in [-0.1, -0.05) is 18.2 Å². The van der Waals surface area contributed by atoms with Gasteiger partial charge in [0.1, 0.15) is 5.75 Å². The number of hydrogen-bond donors (Lipinski definition) is 0. The van der Waals surface area contributed by atoms with Crippen LogP contribution < -0.4 is 4.74 Å². The molecule has 1 saturated heterocycles. The number of nitrogens with zero attached hydrogens (tertiary/aromatic N) is 5. The Hall–Kier alpha value is -2.73. The molecule has 0 bridgehead atoms. The van der Waals surface area contributed by atoms with Gasteiger partial charge in [-0.3, -0.25) is 9.88 Å². The van der Waals surface area contributed by atoms with Crippen LogP contribution in [-0.4, -0.2) is 37.5 Å². The number of aryl methyl sites for hydroxylation is 1. The summed E-state index contributed by atoms with van der Waals surface area (Å²) in [5.41, 5.74) is 2.24. The summed E-state index contributed by atoms with van der Waals surface area (Å²) in [6.07, 6.45) is 9.63. The van der Waals surface area contributed by atoms with Gasteiger partial charge in [-0.25, -0.2) is 9.97 Å². The summed E-state index contributed by atoms with van der Waals surface area (Å²) in [5, 5.41) is 0. The molecular formula is C20H23N5O. The molecule has 0 aliphatic carbocycles. The summed E-state index contributed by atoms with van der Waals surface area (Å²) < 4.78 is 7.92. The molecule has 0 unspecified atom stereocenters. The van der Waals surface area contributed by atoms with Crippen LogP contribution in [0.15, 0.2) is 55.2 Å². The smallest absolute Gasteiger partial charge is 0.238 e. The summed E-state index contributed by atoms with van der Waals surface area (Å²) >= 11 is 0. The molecule has 2 aromatic heterocycles. The molecule has 0 amide bonds. The van der Waals surface area contributed by atoms with Gasteiger partial charge in [0.15, 0.2) is 0 Å². The molecule has 1 atom stereocenters. The van der Waals surface area contributed by atoms with Crippen LogP contribution in [0.5, 0.6) is 11.6 Å². The van der Waals surface area contributed by atoms with Crippen molar-refractivity contribution in [2.75, 3.05) is 13.1 Å². The van der Waals surface area contributed by atoms with E-state index in [4.69, 9.17) is 9.72 Å². The Morgan fingerprint density at radius 2 is 2.00 bits per heavy atom. The number of imidazole rings is 1. The number of para-hydroxylation sites is 1. The van der Waals surface area contributed by atoms with Crippen LogP contribution in [0.1, 0.15) is 30.1 Å². The number of aromatic nitrogens is 4. The SMILES string of the molecule is Cn1cncc1CN1CCC[C@H](c2cncc(Oc3ccccc3)n2)C1. The molecule has 134 valence electrons. The van der Waals surface area contributed by atoms with Crippen LogP contribution >= 0.6 is 0 Å². The lowest BCUT2D eigenvalue weighted by atomic mass is 9.95. The fourth-order valence-corrected chi connectivity index (χ4v) is 3.42. The maximum atomic E-state index is 5.84. The van der Waals surface area contributed by atoms with Crippen molar-refractivity contribution in [2.24, 2.45) is 7.05 Å². The number of likely N-dealkylation sites (tertiary alicyclic amines) is 1. The largest absolute Gasteiger partial charge is 0.437 e. The molecule has 26 heavy (non-hydrogen) atoms. The predicted octanol–water partition coefficient (Wildman–Crippen LogP) is 3.38. The third-order valence-corrected chi connectivity index (χ3v) is 4.82. The lowest BCUT2D eigenvalue weighted by Gasteiger charge is -2.32. The third-order valence-electron chi connectivity index (χ3n) is 4.82. The minimum absolute atomic E-state index is 0.379. The highest BCUT2D eigenvalue weighted by molar-refractivity contribution is 5.26. The second-order valence-electron chi connectivity index (χ2n) is 6.77. The van der Waals surface area contributed by atoms with Crippen molar-refractivity contribution in [3.05, 3.63) is 66.6 Å². The number of piperidine rings is 1. The molecule has 0 N–H and O–H groups in total. The van der Waals surface area contributed by atoms with Gasteiger partial charge in [-0.05, 0) is 31.5 Å². The summed E-state index contributed by atoms with van der Waals surface area (Å²) in [5.74, 6) is 1.71. The van der Waals surface area contributed by atoms with Gasteiger partial charge in [0.2, 0.25) is 5.88 Å². The van der Waals surface area contributed by atoms with Gasteiger partial charge < -0.3 is 9.30 Å². The van der Waals surface area contributed by atoms with Crippen LogP contribution in [0.4, 0.5) is 0 Å². The summed E-state index contributed by atoms with van der Waals surface area (Å²) in [4.78, 5) is 15.7. The van der Waals surface area contributed by atoms with Crippen LogP contribution in [0.2, 0.25) is 0 Å². The molecule has 4 rings (SSSR count). The van der Waals surface area contributed by atoms with Gasteiger partial charge in [-0.15, -0.1) is 0 Å². The Morgan fingerprint density at radius 1 is 1.12 bits per heavy atom. The van der Waals surface area contributed by atoms with Gasteiger partial charge in [0, 0.05) is 38.4 Å². The maximum absolute atomic E-state index is 5.84. The van der Waals surface area contributed by atoms with E-state index in [0.717, 1.165) is 43.9 Å². The second kappa shape index (κ2) is 7.66. The van der Waals surface area contributed by atoms with Crippen molar-refractivity contribution in [1.82, 2.24) is 24.4 Å². The first-order valence-electron chi connectivity index (χ1n) is 9.00. The molecule has 3 aromatic rings. The highest BCUT2D eigenvalue weighted by Crippen LogP contribution is 2.28. The van der Waals surface area contributed by atoms with E-state index in [0.29, 0.717) is 11.8 Å². The summed E-state index contributed by atoms with van der Waals surface area (Å²) in [7, 11) is 2.04. The van der Waals surface area contributed by atoms with E-state index in [9.17, 15) is 0 Å². The normalized spacial score (nSPS) is 18.0. The Kier molecular flexibility index (Phi) is 4.93. The molecule has 1 fully saturated rings. The lowest BCUT2D eigenvalue weighted by molar-refractivity contribution is 0.194. The average Bonchev–Trinajstić information content (AvgIpc) is 3.08. The standard InChI is InChI=1S/C20H23N5O/c1-24-15-22-10-17(24)14-25-9-5-6-16(13-25)19-11-21-12-20(23-19)26-18-7-3-2-4-8-18/h2-4,7-8,10-12,15-16H,5-6,9,13-14H2,1H3/t16-/m0/s1. The van der Waals surface area contributed by atoms with E-state index in [1.54, 1.807) is 6.20 Å². The monoisotopic (exact) mass is 349 g/mol. The minimum Gasteiger partial charge on any atom is -0.437 e. The van der Waals surface area contributed by atoms with E-state index in [-0.39, 0.29) is 0 Å². The number of benzene rings is 1. The molecule has 0 radical (unpaired) electrons. The van der Waals surface area contributed by atoms with E-state index in [1.807, 2.05) is 56.1 Å².